The third-order valence-electron chi connectivity index (χ3n) is 2.16. The summed E-state index contributed by atoms with van der Waals surface area (Å²) in [6.07, 6.45) is 0. The van der Waals surface area contributed by atoms with Crippen molar-refractivity contribution >= 4 is 10.8 Å². The van der Waals surface area contributed by atoms with Gasteiger partial charge in [0, 0.05) is 16.7 Å². The van der Waals surface area contributed by atoms with Crippen LogP contribution in [0, 0.1) is 13.8 Å². The van der Waals surface area contributed by atoms with Crippen molar-refractivity contribution in [2.75, 3.05) is 5.75 Å². The highest BCUT2D eigenvalue weighted by atomic mass is 32.2. The standard InChI is InChI=1S/C11H17NOS/c1-8-4-5-11(6-9(8)2)14(13)7-10(3)12/h4-6,10H,7,12H2,1-3H3. The molecule has 0 aliphatic carbocycles. The van der Waals surface area contributed by atoms with Gasteiger partial charge in [-0.3, -0.25) is 4.21 Å². The smallest absolute Gasteiger partial charge is 0.0545 e. The lowest BCUT2D eigenvalue weighted by Gasteiger charge is -2.07. The Morgan fingerprint density at radius 1 is 1.36 bits per heavy atom. The Morgan fingerprint density at radius 3 is 2.50 bits per heavy atom. The van der Waals surface area contributed by atoms with Gasteiger partial charge in [-0.2, -0.15) is 0 Å². The fourth-order valence-electron chi connectivity index (χ4n) is 1.19. The first-order chi connectivity index (χ1) is 6.50. The number of hydrogen-bond acceptors (Lipinski definition) is 2. The lowest BCUT2D eigenvalue weighted by atomic mass is 10.1. The summed E-state index contributed by atoms with van der Waals surface area (Å²) >= 11 is 0. The van der Waals surface area contributed by atoms with Gasteiger partial charge in [0.15, 0.2) is 0 Å². The van der Waals surface area contributed by atoms with Crippen LogP contribution in [0.4, 0.5) is 0 Å². The molecule has 0 saturated heterocycles. The molecule has 3 heteroatoms. The fraction of sp³-hybridized carbons (Fsp3) is 0.455. The molecule has 0 aliphatic heterocycles. The Morgan fingerprint density at radius 2 is 2.00 bits per heavy atom. The monoisotopic (exact) mass is 211 g/mol. The Balaban J connectivity index is 2.86. The molecule has 1 rings (SSSR count). The summed E-state index contributed by atoms with van der Waals surface area (Å²) in [6.45, 7) is 5.95. The van der Waals surface area contributed by atoms with Crippen LogP contribution < -0.4 is 5.73 Å². The molecule has 0 bridgehead atoms. The van der Waals surface area contributed by atoms with Crippen LogP contribution in [0.25, 0.3) is 0 Å². The number of benzene rings is 1. The Kier molecular flexibility index (Phi) is 3.84. The SMILES string of the molecule is Cc1ccc(S(=O)CC(C)N)cc1C. The van der Waals surface area contributed by atoms with Gasteiger partial charge < -0.3 is 5.73 Å². The van der Waals surface area contributed by atoms with E-state index in [4.69, 9.17) is 5.73 Å². The molecule has 14 heavy (non-hydrogen) atoms. The van der Waals surface area contributed by atoms with Crippen LogP contribution in [0.15, 0.2) is 23.1 Å². The minimum Gasteiger partial charge on any atom is -0.327 e. The molecule has 2 atom stereocenters. The normalized spacial score (nSPS) is 15.1. The second-order valence-corrected chi connectivity index (χ2v) is 5.23. The number of nitrogens with two attached hydrogens (primary N) is 1. The van der Waals surface area contributed by atoms with Gasteiger partial charge in [-0.05, 0) is 44.0 Å². The highest BCUT2D eigenvalue weighted by molar-refractivity contribution is 7.85. The van der Waals surface area contributed by atoms with E-state index < -0.39 is 10.8 Å². The van der Waals surface area contributed by atoms with Crippen LogP contribution in [0.3, 0.4) is 0 Å². The molecule has 1 aromatic rings. The maximum atomic E-state index is 11.7. The summed E-state index contributed by atoms with van der Waals surface area (Å²) in [7, 11) is -0.957. The average Bonchev–Trinajstić information content (AvgIpc) is 2.08. The zero-order valence-corrected chi connectivity index (χ0v) is 9.73. The molecular weight excluding hydrogens is 194 g/mol. The van der Waals surface area contributed by atoms with Gasteiger partial charge in [-0.25, -0.2) is 0 Å². The van der Waals surface area contributed by atoms with Crippen molar-refractivity contribution in [2.24, 2.45) is 5.73 Å². The van der Waals surface area contributed by atoms with Gasteiger partial charge >= 0.3 is 0 Å². The van der Waals surface area contributed by atoms with Crippen molar-refractivity contribution in [3.05, 3.63) is 29.3 Å². The van der Waals surface area contributed by atoms with Gasteiger partial charge in [-0.15, -0.1) is 0 Å². The molecule has 2 unspecified atom stereocenters. The summed E-state index contributed by atoms with van der Waals surface area (Å²) in [5, 5.41) is 0. The zero-order chi connectivity index (χ0) is 10.7. The van der Waals surface area contributed by atoms with E-state index in [-0.39, 0.29) is 6.04 Å². The van der Waals surface area contributed by atoms with Gasteiger partial charge in [-0.1, -0.05) is 6.07 Å². The van der Waals surface area contributed by atoms with Gasteiger partial charge in [0.25, 0.3) is 0 Å². The predicted molar refractivity (Wildman–Crippen MR) is 60.8 cm³/mol. The van der Waals surface area contributed by atoms with Gasteiger partial charge in [0.1, 0.15) is 0 Å². The summed E-state index contributed by atoms with van der Waals surface area (Å²) in [6, 6.07) is 5.88. The largest absolute Gasteiger partial charge is 0.327 e. The molecule has 0 fully saturated rings. The molecule has 0 amide bonds. The van der Waals surface area contributed by atoms with E-state index >= 15 is 0 Å². The van der Waals surface area contributed by atoms with Crippen molar-refractivity contribution < 1.29 is 4.21 Å². The Bertz CT molecular complexity index is 347. The second kappa shape index (κ2) is 4.71. The van der Waals surface area contributed by atoms with E-state index in [2.05, 4.69) is 0 Å². The molecule has 78 valence electrons. The molecule has 2 N–H and O–H groups in total. The van der Waals surface area contributed by atoms with Crippen molar-refractivity contribution in [1.29, 1.82) is 0 Å². The summed E-state index contributed by atoms with van der Waals surface area (Å²) in [4.78, 5) is 0.880. The minimum absolute atomic E-state index is 0.0163. The highest BCUT2D eigenvalue weighted by Crippen LogP contribution is 2.13. The maximum absolute atomic E-state index is 11.7. The van der Waals surface area contributed by atoms with E-state index in [9.17, 15) is 4.21 Å². The average molecular weight is 211 g/mol. The lowest BCUT2D eigenvalue weighted by Crippen LogP contribution is -2.23. The third kappa shape index (κ3) is 2.93. The highest BCUT2D eigenvalue weighted by Gasteiger charge is 2.07. The first kappa shape index (κ1) is 11.4. The molecule has 0 spiro atoms. The van der Waals surface area contributed by atoms with Crippen molar-refractivity contribution in [2.45, 2.75) is 31.7 Å². The first-order valence-corrected chi connectivity index (χ1v) is 6.04. The topological polar surface area (TPSA) is 43.1 Å². The minimum atomic E-state index is -0.957. The molecule has 2 nitrogen and oxygen atoms in total. The second-order valence-electron chi connectivity index (χ2n) is 3.74. The quantitative estimate of drug-likeness (QED) is 0.828. The van der Waals surface area contributed by atoms with Crippen LogP contribution in [0.1, 0.15) is 18.1 Å². The zero-order valence-electron chi connectivity index (χ0n) is 8.91. The van der Waals surface area contributed by atoms with E-state index in [1.165, 1.54) is 11.1 Å². The van der Waals surface area contributed by atoms with Gasteiger partial charge in [0.05, 0.1) is 10.8 Å². The predicted octanol–water partition coefficient (Wildman–Crippen LogP) is 1.76. The molecular formula is C11H17NOS. The Labute approximate surface area is 88.0 Å². The van der Waals surface area contributed by atoms with Crippen molar-refractivity contribution in [3.8, 4) is 0 Å². The third-order valence-corrected chi connectivity index (χ3v) is 3.76. The van der Waals surface area contributed by atoms with Crippen molar-refractivity contribution in [1.82, 2.24) is 0 Å². The van der Waals surface area contributed by atoms with Crippen LogP contribution in [-0.4, -0.2) is 16.0 Å². The fourth-order valence-corrected chi connectivity index (χ4v) is 2.39. The molecule has 0 heterocycles. The number of hydrogen-bond donors (Lipinski definition) is 1. The summed E-state index contributed by atoms with van der Waals surface area (Å²) < 4.78 is 11.7. The van der Waals surface area contributed by atoms with E-state index in [0.717, 1.165) is 4.90 Å². The van der Waals surface area contributed by atoms with E-state index in [0.29, 0.717) is 5.75 Å². The van der Waals surface area contributed by atoms with Crippen LogP contribution in [0.5, 0.6) is 0 Å². The molecule has 0 aromatic heterocycles. The summed E-state index contributed by atoms with van der Waals surface area (Å²) in [5.74, 6) is 0.530. The van der Waals surface area contributed by atoms with Crippen LogP contribution in [-0.2, 0) is 10.8 Å². The molecule has 1 aromatic carbocycles. The van der Waals surface area contributed by atoms with Crippen molar-refractivity contribution in [3.63, 3.8) is 0 Å². The van der Waals surface area contributed by atoms with Gasteiger partial charge in [0.2, 0.25) is 0 Å². The summed E-state index contributed by atoms with van der Waals surface area (Å²) in [5.41, 5.74) is 8.01. The molecule has 0 saturated carbocycles. The van der Waals surface area contributed by atoms with Crippen LogP contribution >= 0.6 is 0 Å². The van der Waals surface area contributed by atoms with E-state index in [1.54, 1.807) is 0 Å². The van der Waals surface area contributed by atoms with E-state index in [1.807, 2.05) is 39.0 Å². The molecule has 0 aliphatic rings. The Hall–Kier alpha value is -0.670. The number of rotatable bonds is 3. The maximum Gasteiger partial charge on any atom is 0.0545 e. The molecule has 0 radical (unpaired) electrons. The first-order valence-electron chi connectivity index (χ1n) is 4.72. The lowest BCUT2D eigenvalue weighted by molar-refractivity contribution is 0.676. The van der Waals surface area contributed by atoms with Crippen LogP contribution in [0.2, 0.25) is 0 Å². The number of aryl methyl sites for hydroxylation is 2.